The Morgan fingerprint density at radius 2 is 2.26 bits per heavy atom. The van der Waals surface area contributed by atoms with E-state index in [1.165, 1.54) is 0 Å². The molecule has 2 aromatic rings. The summed E-state index contributed by atoms with van der Waals surface area (Å²) in [6, 6.07) is 7.59. The number of urea groups is 1. The van der Waals surface area contributed by atoms with E-state index < -0.39 is 0 Å². The third kappa shape index (κ3) is 4.67. The first-order valence-electron chi connectivity index (χ1n) is 9.37. The average Bonchev–Trinajstić information content (AvgIpc) is 2.68. The minimum Gasteiger partial charge on any atom is -0.497 e. The predicted octanol–water partition coefficient (Wildman–Crippen LogP) is 2.24. The van der Waals surface area contributed by atoms with Gasteiger partial charge in [-0.15, -0.1) is 0 Å². The number of ether oxygens (including phenoxy) is 1. The zero-order valence-corrected chi connectivity index (χ0v) is 15.9. The van der Waals surface area contributed by atoms with Crippen molar-refractivity contribution < 1.29 is 9.53 Å². The van der Waals surface area contributed by atoms with Gasteiger partial charge in [0.15, 0.2) is 0 Å². The Bertz CT molecular complexity index is 863. The quantitative estimate of drug-likeness (QED) is 0.764. The van der Waals surface area contributed by atoms with Gasteiger partial charge in [-0.05, 0) is 24.1 Å². The standard InChI is InChI=1S/C20H26N4O3/c1-3-4-9-21-20(26)24-10-8-17-16(13-24)19(25)23-18(22-17)12-14-6-5-7-15(11-14)27-2/h5-7,11H,3-4,8-10,12-13H2,1-2H3,(H,21,26)(H,22,23,25). The molecule has 27 heavy (non-hydrogen) atoms. The molecule has 7 heteroatoms. The van der Waals surface area contributed by atoms with E-state index in [2.05, 4.69) is 22.2 Å². The van der Waals surface area contributed by atoms with Crippen molar-refractivity contribution in [3.8, 4) is 5.75 Å². The molecule has 0 saturated heterocycles. The van der Waals surface area contributed by atoms with Gasteiger partial charge in [0.05, 0.1) is 24.9 Å². The highest BCUT2D eigenvalue weighted by atomic mass is 16.5. The van der Waals surface area contributed by atoms with Crippen molar-refractivity contribution in [2.24, 2.45) is 0 Å². The van der Waals surface area contributed by atoms with Crippen molar-refractivity contribution in [3.05, 3.63) is 57.3 Å². The monoisotopic (exact) mass is 370 g/mol. The van der Waals surface area contributed by atoms with E-state index in [1.807, 2.05) is 24.3 Å². The Kier molecular flexibility index (Phi) is 6.11. The molecule has 1 aromatic carbocycles. The molecule has 0 fully saturated rings. The molecule has 3 rings (SSSR count). The maximum absolute atomic E-state index is 12.5. The van der Waals surface area contributed by atoms with Crippen LogP contribution in [0.25, 0.3) is 0 Å². The summed E-state index contributed by atoms with van der Waals surface area (Å²) in [7, 11) is 1.63. The minimum atomic E-state index is -0.163. The first-order chi connectivity index (χ1) is 13.1. The van der Waals surface area contributed by atoms with Gasteiger partial charge >= 0.3 is 6.03 Å². The zero-order chi connectivity index (χ0) is 19.2. The van der Waals surface area contributed by atoms with E-state index in [1.54, 1.807) is 12.0 Å². The van der Waals surface area contributed by atoms with Crippen LogP contribution in [0.1, 0.15) is 42.4 Å². The molecule has 0 radical (unpaired) electrons. The summed E-state index contributed by atoms with van der Waals surface area (Å²) < 4.78 is 5.24. The predicted molar refractivity (Wildman–Crippen MR) is 103 cm³/mol. The molecular formula is C20H26N4O3. The first-order valence-corrected chi connectivity index (χ1v) is 9.37. The molecular weight excluding hydrogens is 344 g/mol. The number of aromatic nitrogens is 2. The maximum atomic E-state index is 12.5. The van der Waals surface area contributed by atoms with Crippen molar-refractivity contribution in [3.63, 3.8) is 0 Å². The fraction of sp³-hybridized carbons (Fsp3) is 0.450. The number of carbonyl (C=O) groups is 1. The number of carbonyl (C=O) groups excluding carboxylic acids is 1. The normalized spacial score (nSPS) is 13.2. The molecule has 0 spiro atoms. The largest absolute Gasteiger partial charge is 0.497 e. The second-order valence-corrected chi connectivity index (χ2v) is 6.72. The number of hydrogen-bond donors (Lipinski definition) is 2. The third-order valence-corrected chi connectivity index (χ3v) is 4.72. The van der Waals surface area contributed by atoms with E-state index in [-0.39, 0.29) is 11.6 Å². The zero-order valence-electron chi connectivity index (χ0n) is 15.9. The number of methoxy groups -OCH3 is 1. The fourth-order valence-corrected chi connectivity index (χ4v) is 3.19. The number of H-pyrrole nitrogens is 1. The minimum absolute atomic E-state index is 0.117. The Balaban J connectivity index is 1.72. The van der Waals surface area contributed by atoms with Crippen LogP contribution in [0.3, 0.4) is 0 Å². The average molecular weight is 370 g/mol. The summed E-state index contributed by atoms with van der Waals surface area (Å²) in [5.41, 5.74) is 2.23. The summed E-state index contributed by atoms with van der Waals surface area (Å²) in [4.78, 5) is 34.0. The van der Waals surface area contributed by atoms with Crippen LogP contribution in [0.15, 0.2) is 29.1 Å². The van der Waals surface area contributed by atoms with E-state index in [0.717, 1.165) is 29.8 Å². The van der Waals surface area contributed by atoms with Crippen LogP contribution in [0, 0.1) is 0 Å². The van der Waals surface area contributed by atoms with Crippen molar-refractivity contribution in [1.82, 2.24) is 20.2 Å². The van der Waals surface area contributed by atoms with Gasteiger partial charge < -0.3 is 19.9 Å². The van der Waals surface area contributed by atoms with Gasteiger partial charge in [0.2, 0.25) is 0 Å². The third-order valence-electron chi connectivity index (χ3n) is 4.72. The topological polar surface area (TPSA) is 87.3 Å². The van der Waals surface area contributed by atoms with Gasteiger partial charge in [-0.2, -0.15) is 0 Å². The Hall–Kier alpha value is -2.83. The van der Waals surface area contributed by atoms with Gasteiger partial charge in [0.25, 0.3) is 5.56 Å². The second kappa shape index (κ2) is 8.70. The van der Waals surface area contributed by atoms with E-state index >= 15 is 0 Å². The van der Waals surface area contributed by atoms with Crippen molar-refractivity contribution in [2.75, 3.05) is 20.2 Å². The van der Waals surface area contributed by atoms with Gasteiger partial charge in [0.1, 0.15) is 11.6 Å². The smallest absolute Gasteiger partial charge is 0.317 e. The molecule has 2 N–H and O–H groups in total. The lowest BCUT2D eigenvalue weighted by Gasteiger charge is -2.28. The molecule has 1 aromatic heterocycles. The molecule has 144 valence electrons. The van der Waals surface area contributed by atoms with E-state index in [0.29, 0.717) is 43.9 Å². The van der Waals surface area contributed by atoms with Crippen molar-refractivity contribution in [1.29, 1.82) is 0 Å². The van der Waals surface area contributed by atoms with E-state index in [4.69, 9.17) is 4.74 Å². The second-order valence-electron chi connectivity index (χ2n) is 6.72. The van der Waals surface area contributed by atoms with Crippen LogP contribution in [0.2, 0.25) is 0 Å². The molecule has 0 unspecified atom stereocenters. The summed E-state index contributed by atoms with van der Waals surface area (Å²) in [6.07, 6.45) is 3.10. The van der Waals surface area contributed by atoms with Crippen LogP contribution < -0.4 is 15.6 Å². The molecule has 0 saturated carbocycles. The SMILES string of the molecule is CCCCNC(=O)N1CCc2nc(Cc3cccc(OC)c3)[nH]c(=O)c2C1. The molecule has 0 bridgehead atoms. The number of amides is 2. The summed E-state index contributed by atoms with van der Waals surface area (Å²) in [5.74, 6) is 1.41. The molecule has 0 aliphatic carbocycles. The van der Waals surface area contributed by atoms with Crippen LogP contribution in [0.5, 0.6) is 5.75 Å². The number of rotatable bonds is 6. The van der Waals surface area contributed by atoms with E-state index in [9.17, 15) is 9.59 Å². The lowest BCUT2D eigenvalue weighted by atomic mass is 10.1. The van der Waals surface area contributed by atoms with Crippen LogP contribution in [-0.4, -0.2) is 41.1 Å². The summed E-state index contributed by atoms with van der Waals surface area (Å²) in [6.45, 7) is 3.61. The number of benzene rings is 1. The highest BCUT2D eigenvalue weighted by molar-refractivity contribution is 5.74. The lowest BCUT2D eigenvalue weighted by Crippen LogP contribution is -2.45. The van der Waals surface area contributed by atoms with Gasteiger partial charge in [-0.1, -0.05) is 25.5 Å². The summed E-state index contributed by atoms with van der Waals surface area (Å²) in [5, 5.41) is 2.90. The van der Waals surface area contributed by atoms with Crippen LogP contribution in [0.4, 0.5) is 4.79 Å². The van der Waals surface area contributed by atoms with Gasteiger partial charge in [-0.3, -0.25) is 4.79 Å². The number of nitrogens with one attached hydrogen (secondary N) is 2. The molecule has 0 atom stereocenters. The highest BCUT2D eigenvalue weighted by Gasteiger charge is 2.24. The van der Waals surface area contributed by atoms with Crippen LogP contribution >= 0.6 is 0 Å². The lowest BCUT2D eigenvalue weighted by molar-refractivity contribution is 0.191. The summed E-state index contributed by atoms with van der Waals surface area (Å²) >= 11 is 0. The van der Waals surface area contributed by atoms with Crippen molar-refractivity contribution in [2.45, 2.75) is 39.2 Å². The molecule has 2 amide bonds. The molecule has 1 aliphatic heterocycles. The molecule has 2 heterocycles. The maximum Gasteiger partial charge on any atom is 0.317 e. The first kappa shape index (κ1) is 18.9. The number of hydrogen-bond acceptors (Lipinski definition) is 4. The number of nitrogens with zero attached hydrogens (tertiary/aromatic N) is 2. The highest BCUT2D eigenvalue weighted by Crippen LogP contribution is 2.17. The Morgan fingerprint density at radius 3 is 3.04 bits per heavy atom. The van der Waals surface area contributed by atoms with Gasteiger partial charge in [0, 0.05) is 25.9 Å². The number of fused-ring (bicyclic) bond motifs is 1. The fourth-order valence-electron chi connectivity index (χ4n) is 3.19. The Labute approximate surface area is 158 Å². The van der Waals surface area contributed by atoms with Crippen molar-refractivity contribution >= 4 is 6.03 Å². The van der Waals surface area contributed by atoms with Gasteiger partial charge in [-0.25, -0.2) is 9.78 Å². The molecule has 1 aliphatic rings. The molecule has 7 nitrogen and oxygen atoms in total. The number of aromatic amines is 1. The van der Waals surface area contributed by atoms with Crippen LogP contribution in [-0.2, 0) is 19.4 Å². The number of unbranched alkanes of at least 4 members (excludes halogenated alkanes) is 1. The Morgan fingerprint density at radius 1 is 1.41 bits per heavy atom.